The third-order valence-corrected chi connectivity index (χ3v) is 3.87. The van der Waals surface area contributed by atoms with Crippen LogP contribution in [0.25, 0.3) is 0 Å². The van der Waals surface area contributed by atoms with E-state index < -0.39 is 5.97 Å². The van der Waals surface area contributed by atoms with Crippen molar-refractivity contribution in [2.24, 2.45) is 0 Å². The Balaban J connectivity index is 0.00000484. The van der Waals surface area contributed by atoms with Crippen LogP contribution in [0.1, 0.15) is 81.5 Å². The smallest absolute Gasteiger partial charge is 0.335 e. The number of carboxylic acid groups (broad SMARTS) is 1. The quantitative estimate of drug-likeness (QED) is 0.440. The standard InChI is InChI=1S/C19H30O3.ClH/c1-2-3-4-5-6-7-8-9-10-11-16-22-18-14-12-17(13-15-18)19(20)21;/h12-15H,2-11,16H2,1H3,(H,20,21);1H. The van der Waals surface area contributed by atoms with Gasteiger partial charge in [-0.15, -0.1) is 12.4 Å². The number of carbonyl (C=O) groups is 1. The molecule has 0 heterocycles. The van der Waals surface area contributed by atoms with Crippen LogP contribution in [0, 0.1) is 0 Å². The van der Waals surface area contributed by atoms with Crippen LogP contribution < -0.4 is 4.74 Å². The first-order valence-corrected chi connectivity index (χ1v) is 8.70. The molecule has 0 spiro atoms. The number of unbranched alkanes of at least 4 members (excludes halogenated alkanes) is 9. The van der Waals surface area contributed by atoms with Crippen LogP contribution in [0.15, 0.2) is 24.3 Å². The summed E-state index contributed by atoms with van der Waals surface area (Å²) < 4.78 is 5.62. The number of ether oxygens (including phenoxy) is 1. The van der Waals surface area contributed by atoms with E-state index >= 15 is 0 Å². The van der Waals surface area contributed by atoms with Crippen molar-refractivity contribution in [3.63, 3.8) is 0 Å². The highest BCUT2D eigenvalue weighted by atomic mass is 35.5. The molecule has 1 aromatic rings. The zero-order chi connectivity index (χ0) is 16.0. The van der Waals surface area contributed by atoms with Crippen LogP contribution in [0.2, 0.25) is 0 Å². The highest BCUT2D eigenvalue weighted by Gasteiger charge is 2.01. The lowest BCUT2D eigenvalue weighted by molar-refractivity contribution is 0.0697. The molecule has 3 nitrogen and oxygen atoms in total. The third kappa shape index (κ3) is 11.0. The van der Waals surface area contributed by atoms with Crippen LogP contribution in [0.5, 0.6) is 5.75 Å². The van der Waals surface area contributed by atoms with Gasteiger partial charge in [0, 0.05) is 0 Å². The molecule has 0 saturated carbocycles. The van der Waals surface area contributed by atoms with Crippen molar-refractivity contribution in [2.75, 3.05) is 6.61 Å². The van der Waals surface area contributed by atoms with Gasteiger partial charge in [-0.2, -0.15) is 0 Å². The fourth-order valence-corrected chi connectivity index (χ4v) is 2.47. The summed E-state index contributed by atoms with van der Waals surface area (Å²) in [5.74, 6) is -0.151. The Morgan fingerprint density at radius 2 is 1.35 bits per heavy atom. The Morgan fingerprint density at radius 3 is 1.83 bits per heavy atom. The molecular formula is C19H31ClO3. The molecule has 1 N–H and O–H groups in total. The second-order valence-electron chi connectivity index (χ2n) is 5.86. The maximum atomic E-state index is 10.7. The zero-order valence-electron chi connectivity index (χ0n) is 14.3. The van der Waals surface area contributed by atoms with Crippen LogP contribution in [0.4, 0.5) is 0 Å². The SMILES string of the molecule is CCCCCCCCCCCCOc1ccc(C(=O)O)cc1.Cl. The van der Waals surface area contributed by atoms with E-state index in [4.69, 9.17) is 9.84 Å². The molecule has 0 bridgehead atoms. The van der Waals surface area contributed by atoms with E-state index in [2.05, 4.69) is 6.92 Å². The minimum atomic E-state index is -0.902. The summed E-state index contributed by atoms with van der Waals surface area (Å²) in [6, 6.07) is 6.60. The Hall–Kier alpha value is -1.22. The Bertz CT molecular complexity index is 404. The van der Waals surface area contributed by atoms with Crippen molar-refractivity contribution in [3.05, 3.63) is 29.8 Å². The summed E-state index contributed by atoms with van der Waals surface area (Å²) in [7, 11) is 0. The highest BCUT2D eigenvalue weighted by Crippen LogP contribution is 2.14. The molecule has 0 amide bonds. The molecule has 0 unspecified atom stereocenters. The Labute approximate surface area is 146 Å². The summed E-state index contributed by atoms with van der Waals surface area (Å²) in [4.78, 5) is 10.7. The third-order valence-electron chi connectivity index (χ3n) is 3.87. The summed E-state index contributed by atoms with van der Waals surface area (Å²) in [5.41, 5.74) is 0.297. The van der Waals surface area contributed by atoms with Gasteiger partial charge in [0.1, 0.15) is 5.75 Å². The summed E-state index contributed by atoms with van der Waals surface area (Å²) in [5, 5.41) is 8.81. The van der Waals surface area contributed by atoms with Gasteiger partial charge in [0.05, 0.1) is 12.2 Å². The average molecular weight is 343 g/mol. The van der Waals surface area contributed by atoms with Gasteiger partial charge in [0.25, 0.3) is 0 Å². The van der Waals surface area contributed by atoms with Gasteiger partial charge >= 0.3 is 5.97 Å². The summed E-state index contributed by atoms with van der Waals surface area (Å²) >= 11 is 0. The molecule has 0 aliphatic rings. The molecular weight excluding hydrogens is 312 g/mol. The second kappa shape index (κ2) is 14.4. The van der Waals surface area contributed by atoms with Gasteiger partial charge in [-0.1, -0.05) is 64.7 Å². The molecule has 0 aromatic heterocycles. The van der Waals surface area contributed by atoms with Crippen LogP contribution in [-0.2, 0) is 0 Å². The summed E-state index contributed by atoms with van der Waals surface area (Å²) in [6.07, 6.45) is 13.1. The number of rotatable bonds is 13. The van der Waals surface area contributed by atoms with E-state index in [1.807, 2.05) is 0 Å². The lowest BCUT2D eigenvalue weighted by atomic mass is 10.1. The van der Waals surface area contributed by atoms with E-state index in [0.29, 0.717) is 12.2 Å². The molecule has 0 atom stereocenters. The molecule has 1 aromatic carbocycles. The van der Waals surface area contributed by atoms with Gasteiger partial charge in [0.2, 0.25) is 0 Å². The van der Waals surface area contributed by atoms with E-state index in [0.717, 1.165) is 12.2 Å². The van der Waals surface area contributed by atoms with E-state index in [-0.39, 0.29) is 12.4 Å². The normalized spacial score (nSPS) is 10.1. The number of hydrogen-bond acceptors (Lipinski definition) is 2. The molecule has 0 radical (unpaired) electrons. The van der Waals surface area contributed by atoms with Gasteiger partial charge in [-0.05, 0) is 30.7 Å². The van der Waals surface area contributed by atoms with Crippen molar-refractivity contribution in [1.29, 1.82) is 0 Å². The van der Waals surface area contributed by atoms with Crippen molar-refractivity contribution in [3.8, 4) is 5.75 Å². The van der Waals surface area contributed by atoms with Crippen molar-refractivity contribution >= 4 is 18.4 Å². The fraction of sp³-hybridized carbons (Fsp3) is 0.632. The molecule has 132 valence electrons. The van der Waals surface area contributed by atoms with E-state index in [1.54, 1.807) is 24.3 Å². The maximum absolute atomic E-state index is 10.7. The van der Waals surface area contributed by atoms with Gasteiger partial charge in [-0.25, -0.2) is 4.79 Å². The lowest BCUT2D eigenvalue weighted by Gasteiger charge is -2.06. The number of hydrogen-bond donors (Lipinski definition) is 1. The number of aromatic carboxylic acids is 1. The van der Waals surface area contributed by atoms with Crippen molar-refractivity contribution in [2.45, 2.75) is 71.1 Å². The van der Waals surface area contributed by atoms with Gasteiger partial charge < -0.3 is 9.84 Å². The molecule has 4 heteroatoms. The summed E-state index contributed by atoms with van der Waals surface area (Å²) in [6.45, 7) is 2.96. The van der Waals surface area contributed by atoms with Crippen LogP contribution in [-0.4, -0.2) is 17.7 Å². The largest absolute Gasteiger partial charge is 0.494 e. The van der Waals surface area contributed by atoms with Gasteiger partial charge in [-0.3, -0.25) is 0 Å². The minimum absolute atomic E-state index is 0. The lowest BCUT2D eigenvalue weighted by Crippen LogP contribution is -1.99. The topological polar surface area (TPSA) is 46.5 Å². The monoisotopic (exact) mass is 342 g/mol. The highest BCUT2D eigenvalue weighted by molar-refractivity contribution is 5.87. The first kappa shape index (κ1) is 21.8. The molecule has 0 fully saturated rings. The number of carboxylic acids is 1. The first-order valence-electron chi connectivity index (χ1n) is 8.70. The fourth-order valence-electron chi connectivity index (χ4n) is 2.47. The molecule has 1 rings (SSSR count). The zero-order valence-corrected chi connectivity index (χ0v) is 15.1. The predicted octanol–water partition coefficient (Wildman–Crippen LogP) is 6.11. The average Bonchev–Trinajstić information content (AvgIpc) is 2.53. The molecule has 0 aliphatic heterocycles. The van der Waals surface area contributed by atoms with Crippen LogP contribution in [0.3, 0.4) is 0 Å². The van der Waals surface area contributed by atoms with Crippen molar-refractivity contribution in [1.82, 2.24) is 0 Å². The maximum Gasteiger partial charge on any atom is 0.335 e. The Kier molecular flexibility index (Phi) is 13.6. The molecule has 23 heavy (non-hydrogen) atoms. The Morgan fingerprint density at radius 1 is 0.870 bits per heavy atom. The van der Waals surface area contributed by atoms with Gasteiger partial charge in [0.15, 0.2) is 0 Å². The predicted molar refractivity (Wildman–Crippen MR) is 98.0 cm³/mol. The molecule has 0 saturated heterocycles. The molecule has 0 aliphatic carbocycles. The number of halogens is 1. The first-order chi connectivity index (χ1) is 10.7. The van der Waals surface area contributed by atoms with Crippen LogP contribution >= 0.6 is 12.4 Å². The second-order valence-corrected chi connectivity index (χ2v) is 5.86. The van der Waals surface area contributed by atoms with Crippen molar-refractivity contribution < 1.29 is 14.6 Å². The van der Waals surface area contributed by atoms with E-state index in [1.165, 1.54) is 57.8 Å². The minimum Gasteiger partial charge on any atom is -0.494 e. The van der Waals surface area contributed by atoms with E-state index in [9.17, 15) is 4.79 Å². The number of benzene rings is 1.